The summed E-state index contributed by atoms with van der Waals surface area (Å²) in [4.78, 5) is 35.5. The SMILES string of the molecule is COC(=O)C(Cc1cc(F)c(I)c(C(=O)O)c1OC)NC(=O)OC(C)(C)C. The van der Waals surface area contributed by atoms with Gasteiger partial charge in [0.05, 0.1) is 17.8 Å². The number of alkyl carbamates (subject to hydrolysis) is 1. The predicted molar refractivity (Wildman–Crippen MR) is 102 cm³/mol. The molecule has 0 fully saturated rings. The van der Waals surface area contributed by atoms with Crippen LogP contribution < -0.4 is 10.1 Å². The fourth-order valence-electron chi connectivity index (χ4n) is 2.24. The highest BCUT2D eigenvalue weighted by Gasteiger charge is 2.29. The second-order valence-corrected chi connectivity index (χ2v) is 7.55. The maximum Gasteiger partial charge on any atom is 0.408 e. The fourth-order valence-corrected chi connectivity index (χ4v) is 2.87. The maximum atomic E-state index is 14.2. The summed E-state index contributed by atoms with van der Waals surface area (Å²) >= 11 is 1.56. The minimum Gasteiger partial charge on any atom is -0.496 e. The summed E-state index contributed by atoms with van der Waals surface area (Å²) in [6.45, 7) is 4.95. The third-order valence-electron chi connectivity index (χ3n) is 3.27. The molecule has 0 saturated heterocycles. The van der Waals surface area contributed by atoms with Gasteiger partial charge in [-0.15, -0.1) is 0 Å². The lowest BCUT2D eigenvalue weighted by Crippen LogP contribution is -2.45. The van der Waals surface area contributed by atoms with Gasteiger partial charge in [0.1, 0.15) is 28.8 Å². The molecule has 0 radical (unpaired) electrons. The molecule has 8 nitrogen and oxygen atoms in total. The van der Waals surface area contributed by atoms with Crippen LogP contribution in [-0.4, -0.2) is 49.0 Å². The van der Waals surface area contributed by atoms with E-state index in [0.29, 0.717) is 0 Å². The monoisotopic (exact) mass is 497 g/mol. The molecule has 1 amide bonds. The molecule has 10 heteroatoms. The number of aromatic carboxylic acids is 1. The number of benzene rings is 1. The van der Waals surface area contributed by atoms with Crippen LogP contribution in [0.25, 0.3) is 0 Å². The Morgan fingerprint density at radius 1 is 1.30 bits per heavy atom. The number of carbonyl (C=O) groups excluding carboxylic acids is 2. The lowest BCUT2D eigenvalue weighted by Gasteiger charge is -2.23. The molecule has 0 bridgehead atoms. The number of methoxy groups -OCH3 is 2. The zero-order chi connectivity index (χ0) is 20.9. The lowest BCUT2D eigenvalue weighted by molar-refractivity contribution is -0.143. The Hall–Kier alpha value is -2.11. The van der Waals surface area contributed by atoms with E-state index in [9.17, 15) is 23.9 Å². The van der Waals surface area contributed by atoms with E-state index in [0.717, 1.165) is 13.2 Å². The first-order chi connectivity index (χ1) is 12.4. The van der Waals surface area contributed by atoms with Gasteiger partial charge in [-0.2, -0.15) is 0 Å². The molecule has 27 heavy (non-hydrogen) atoms. The van der Waals surface area contributed by atoms with Crippen LogP contribution in [0.5, 0.6) is 5.75 Å². The second kappa shape index (κ2) is 9.20. The van der Waals surface area contributed by atoms with Gasteiger partial charge in [0.2, 0.25) is 0 Å². The van der Waals surface area contributed by atoms with Crippen molar-refractivity contribution in [1.82, 2.24) is 5.32 Å². The summed E-state index contributed by atoms with van der Waals surface area (Å²) < 4.78 is 28.9. The summed E-state index contributed by atoms with van der Waals surface area (Å²) in [5.41, 5.74) is -1.08. The van der Waals surface area contributed by atoms with Crippen LogP contribution in [0.1, 0.15) is 36.7 Å². The number of rotatable bonds is 6. The molecular weight excluding hydrogens is 476 g/mol. The molecule has 1 aromatic carbocycles. The van der Waals surface area contributed by atoms with E-state index < -0.39 is 35.5 Å². The number of carbonyl (C=O) groups is 3. The van der Waals surface area contributed by atoms with Gasteiger partial charge < -0.3 is 24.6 Å². The number of carboxylic acid groups (broad SMARTS) is 1. The first-order valence-electron chi connectivity index (χ1n) is 7.76. The van der Waals surface area contributed by atoms with Gasteiger partial charge in [-0.25, -0.2) is 18.8 Å². The van der Waals surface area contributed by atoms with Crippen molar-refractivity contribution in [2.24, 2.45) is 0 Å². The molecule has 1 aromatic rings. The van der Waals surface area contributed by atoms with Crippen molar-refractivity contribution in [2.45, 2.75) is 38.8 Å². The van der Waals surface area contributed by atoms with Crippen molar-refractivity contribution in [3.63, 3.8) is 0 Å². The van der Waals surface area contributed by atoms with Crippen LogP contribution in [0.2, 0.25) is 0 Å². The maximum absolute atomic E-state index is 14.2. The smallest absolute Gasteiger partial charge is 0.408 e. The van der Waals surface area contributed by atoms with Gasteiger partial charge in [-0.3, -0.25) is 0 Å². The van der Waals surface area contributed by atoms with Crippen molar-refractivity contribution in [2.75, 3.05) is 14.2 Å². The summed E-state index contributed by atoms with van der Waals surface area (Å²) in [6.07, 6.45) is -1.13. The van der Waals surface area contributed by atoms with Gasteiger partial charge in [0.15, 0.2) is 0 Å². The molecule has 0 aromatic heterocycles. The van der Waals surface area contributed by atoms with E-state index in [4.69, 9.17) is 9.47 Å². The highest BCUT2D eigenvalue weighted by Crippen LogP contribution is 2.31. The van der Waals surface area contributed by atoms with Gasteiger partial charge in [-0.1, -0.05) is 0 Å². The molecule has 1 rings (SSSR count). The van der Waals surface area contributed by atoms with E-state index >= 15 is 0 Å². The molecule has 1 unspecified atom stereocenters. The molecule has 2 N–H and O–H groups in total. The minimum atomic E-state index is -1.38. The van der Waals surface area contributed by atoms with Crippen LogP contribution in [0.15, 0.2) is 6.07 Å². The molecule has 0 aliphatic heterocycles. The topological polar surface area (TPSA) is 111 Å². The van der Waals surface area contributed by atoms with Gasteiger partial charge >= 0.3 is 18.0 Å². The Kier molecular flexibility index (Phi) is 7.81. The Labute approximate surface area is 169 Å². The summed E-state index contributed by atoms with van der Waals surface area (Å²) in [6, 6.07) is -0.181. The van der Waals surface area contributed by atoms with Gasteiger partial charge in [0.25, 0.3) is 0 Å². The van der Waals surface area contributed by atoms with E-state index in [1.807, 2.05) is 0 Å². The van der Waals surface area contributed by atoms with E-state index in [1.54, 1.807) is 43.4 Å². The zero-order valence-electron chi connectivity index (χ0n) is 15.5. The quantitative estimate of drug-likeness (QED) is 0.460. The highest BCUT2D eigenvalue weighted by molar-refractivity contribution is 14.1. The summed E-state index contributed by atoms with van der Waals surface area (Å²) in [5, 5.41) is 11.7. The van der Waals surface area contributed by atoms with Gasteiger partial charge in [-0.05, 0) is 49.4 Å². The summed E-state index contributed by atoms with van der Waals surface area (Å²) in [5.74, 6) is -3.08. The molecular formula is C17H21FINO7. The average Bonchev–Trinajstić information content (AvgIpc) is 2.53. The predicted octanol–water partition coefficient (Wildman–Crippen LogP) is 2.75. The van der Waals surface area contributed by atoms with Crippen LogP contribution in [0.4, 0.5) is 9.18 Å². The van der Waals surface area contributed by atoms with Crippen LogP contribution in [-0.2, 0) is 20.7 Å². The van der Waals surface area contributed by atoms with Crippen LogP contribution in [0.3, 0.4) is 0 Å². The number of nitrogens with one attached hydrogen (secondary N) is 1. The van der Waals surface area contributed by atoms with E-state index in [-0.39, 0.29) is 26.9 Å². The standard InChI is InChI=1S/C17H21FINO7/c1-17(2,3)27-16(24)20-10(15(23)26-5)7-8-6-9(18)12(19)11(14(21)22)13(8)25-4/h6,10H,7H2,1-5H3,(H,20,24)(H,21,22). The van der Waals surface area contributed by atoms with E-state index in [2.05, 4.69) is 10.1 Å². The number of halogens is 2. The number of esters is 1. The molecule has 0 aliphatic rings. The van der Waals surface area contributed by atoms with Crippen molar-refractivity contribution < 1.29 is 38.1 Å². The number of amides is 1. The molecule has 1 atom stereocenters. The number of carboxylic acids is 1. The van der Waals surface area contributed by atoms with Crippen molar-refractivity contribution in [3.8, 4) is 5.75 Å². The third kappa shape index (κ3) is 6.22. The van der Waals surface area contributed by atoms with Crippen molar-refractivity contribution in [1.29, 1.82) is 0 Å². The highest BCUT2D eigenvalue weighted by atomic mass is 127. The second-order valence-electron chi connectivity index (χ2n) is 6.47. The minimum absolute atomic E-state index is 0.0827. The number of hydrogen-bond donors (Lipinski definition) is 2. The number of ether oxygens (including phenoxy) is 3. The van der Waals surface area contributed by atoms with Crippen molar-refractivity contribution in [3.05, 3.63) is 26.6 Å². The Morgan fingerprint density at radius 3 is 2.33 bits per heavy atom. The molecule has 0 aliphatic carbocycles. The lowest BCUT2D eigenvalue weighted by atomic mass is 10.0. The molecule has 0 saturated carbocycles. The van der Waals surface area contributed by atoms with E-state index in [1.165, 1.54) is 7.11 Å². The Balaban J connectivity index is 3.28. The fraction of sp³-hybridized carbons (Fsp3) is 0.471. The molecule has 150 valence electrons. The largest absolute Gasteiger partial charge is 0.496 e. The van der Waals surface area contributed by atoms with Crippen LogP contribution >= 0.6 is 22.6 Å². The third-order valence-corrected chi connectivity index (χ3v) is 4.32. The van der Waals surface area contributed by atoms with Gasteiger partial charge in [0, 0.05) is 12.0 Å². The number of hydrogen-bond acceptors (Lipinski definition) is 6. The zero-order valence-corrected chi connectivity index (χ0v) is 17.7. The van der Waals surface area contributed by atoms with Crippen molar-refractivity contribution >= 4 is 40.6 Å². The normalized spacial score (nSPS) is 12.1. The Morgan fingerprint density at radius 2 is 1.89 bits per heavy atom. The average molecular weight is 497 g/mol. The first-order valence-corrected chi connectivity index (χ1v) is 8.84. The first kappa shape index (κ1) is 22.9. The Bertz CT molecular complexity index is 746. The summed E-state index contributed by atoms with van der Waals surface area (Å²) in [7, 11) is 2.36. The molecule has 0 spiro atoms. The van der Waals surface area contributed by atoms with Crippen LogP contribution in [0, 0.1) is 9.39 Å². The molecule has 0 heterocycles.